The Morgan fingerprint density at radius 1 is 1.23 bits per heavy atom. The predicted molar refractivity (Wildman–Crippen MR) is 104 cm³/mol. The molecule has 3 rings (SSSR count). The highest BCUT2D eigenvalue weighted by Crippen LogP contribution is 2.24. The first-order chi connectivity index (χ1) is 12.4. The van der Waals surface area contributed by atoms with Gasteiger partial charge in [-0.1, -0.05) is 0 Å². The molecule has 2 aromatic rings. The molecule has 1 atom stereocenters. The zero-order chi connectivity index (χ0) is 18.8. The van der Waals surface area contributed by atoms with Crippen molar-refractivity contribution in [1.29, 1.82) is 0 Å². The molecular weight excluding hydrogens is 348 g/mol. The summed E-state index contributed by atoms with van der Waals surface area (Å²) in [5, 5.41) is 2.94. The zero-order valence-electron chi connectivity index (χ0n) is 16.1. The van der Waals surface area contributed by atoms with Gasteiger partial charge in [0.2, 0.25) is 5.95 Å². The molecule has 1 amide bonds. The average molecular weight is 375 g/mol. The Bertz CT molecular complexity index is 784. The molecule has 3 heterocycles. The first kappa shape index (κ1) is 18.7. The summed E-state index contributed by atoms with van der Waals surface area (Å²) < 4.78 is 0. The summed E-state index contributed by atoms with van der Waals surface area (Å²) in [5.74, 6) is 0.631. The predicted octanol–water partition coefficient (Wildman–Crippen LogP) is 2.13. The summed E-state index contributed by atoms with van der Waals surface area (Å²) in [5.41, 5.74) is 2.24. The minimum atomic E-state index is -0.0853. The van der Waals surface area contributed by atoms with Crippen molar-refractivity contribution in [3.05, 3.63) is 33.5 Å². The van der Waals surface area contributed by atoms with Gasteiger partial charge in [0.05, 0.1) is 17.3 Å². The van der Waals surface area contributed by atoms with Crippen LogP contribution in [0.25, 0.3) is 0 Å². The fourth-order valence-electron chi connectivity index (χ4n) is 2.92. The maximum atomic E-state index is 12.9. The first-order valence-corrected chi connectivity index (χ1v) is 9.71. The van der Waals surface area contributed by atoms with Gasteiger partial charge in [0.1, 0.15) is 5.01 Å². The van der Waals surface area contributed by atoms with Crippen LogP contribution in [0.2, 0.25) is 0 Å². The Balaban J connectivity index is 1.75. The monoisotopic (exact) mass is 374 g/mol. The third-order valence-corrected chi connectivity index (χ3v) is 6.01. The van der Waals surface area contributed by atoms with Gasteiger partial charge < -0.3 is 14.7 Å². The van der Waals surface area contributed by atoms with E-state index in [1.807, 2.05) is 26.2 Å². The molecule has 0 bridgehead atoms. The number of likely N-dealkylation sites (N-methyl/N-ethyl adjacent to an activating group) is 1. The third-order valence-electron chi connectivity index (χ3n) is 4.88. The fourth-order valence-corrected chi connectivity index (χ4v) is 3.81. The lowest BCUT2D eigenvalue weighted by molar-refractivity contribution is 0.0740. The molecule has 8 heteroatoms. The highest BCUT2D eigenvalue weighted by Gasteiger charge is 2.24. The van der Waals surface area contributed by atoms with E-state index < -0.39 is 0 Å². The van der Waals surface area contributed by atoms with Gasteiger partial charge in [-0.15, -0.1) is 11.3 Å². The smallest absolute Gasteiger partial charge is 0.257 e. The molecule has 0 unspecified atom stereocenters. The van der Waals surface area contributed by atoms with Crippen molar-refractivity contribution < 1.29 is 4.79 Å². The number of carbonyl (C=O) groups is 1. The highest BCUT2D eigenvalue weighted by atomic mass is 32.1. The van der Waals surface area contributed by atoms with Crippen LogP contribution in [0.15, 0.2) is 11.6 Å². The van der Waals surface area contributed by atoms with E-state index in [4.69, 9.17) is 0 Å². The summed E-state index contributed by atoms with van der Waals surface area (Å²) in [4.78, 5) is 32.6. The molecular formula is C18H26N6OS. The van der Waals surface area contributed by atoms with E-state index in [9.17, 15) is 4.79 Å². The van der Waals surface area contributed by atoms with Crippen molar-refractivity contribution in [2.75, 3.05) is 45.2 Å². The normalized spacial score (nSPS) is 16.6. The standard InChI is InChI=1S/C18H26N6OS/c1-12-11-26-16(20-12)14(3)23(5)17(25)15-10-19-18(21-13(15)2)24-8-6-22(4)7-9-24/h10-11,14H,6-9H2,1-5H3/t14-/m1/s1. The molecule has 0 radical (unpaired) electrons. The molecule has 0 saturated carbocycles. The lowest BCUT2D eigenvalue weighted by Gasteiger charge is -2.32. The Kier molecular flexibility index (Phi) is 5.52. The SMILES string of the molecule is Cc1csc([C@@H](C)N(C)C(=O)c2cnc(N3CCN(C)CC3)nc2C)n1. The van der Waals surface area contributed by atoms with E-state index in [0.29, 0.717) is 17.2 Å². The van der Waals surface area contributed by atoms with Crippen LogP contribution >= 0.6 is 11.3 Å². The number of nitrogens with zero attached hydrogens (tertiary/aromatic N) is 6. The zero-order valence-corrected chi connectivity index (χ0v) is 16.9. The van der Waals surface area contributed by atoms with Crippen LogP contribution in [-0.4, -0.2) is 70.9 Å². The van der Waals surface area contributed by atoms with Crippen LogP contribution in [0.1, 0.15) is 39.7 Å². The molecule has 140 valence electrons. The maximum absolute atomic E-state index is 12.9. The van der Waals surface area contributed by atoms with Crippen LogP contribution in [0.3, 0.4) is 0 Å². The van der Waals surface area contributed by atoms with E-state index in [1.165, 1.54) is 0 Å². The second kappa shape index (κ2) is 7.67. The number of rotatable bonds is 4. The van der Waals surface area contributed by atoms with Crippen LogP contribution < -0.4 is 4.90 Å². The molecule has 0 spiro atoms. The molecule has 0 N–H and O–H groups in total. The lowest BCUT2D eigenvalue weighted by Crippen LogP contribution is -2.45. The Labute approximate surface area is 158 Å². The van der Waals surface area contributed by atoms with Gasteiger partial charge in [-0.3, -0.25) is 4.79 Å². The largest absolute Gasteiger partial charge is 0.338 e. The summed E-state index contributed by atoms with van der Waals surface area (Å²) in [6.45, 7) is 9.63. The van der Waals surface area contributed by atoms with Crippen LogP contribution in [0.5, 0.6) is 0 Å². The minimum Gasteiger partial charge on any atom is -0.338 e. The van der Waals surface area contributed by atoms with Gasteiger partial charge in [-0.25, -0.2) is 15.0 Å². The van der Waals surface area contributed by atoms with Gasteiger partial charge in [-0.05, 0) is 27.8 Å². The van der Waals surface area contributed by atoms with E-state index in [0.717, 1.165) is 36.9 Å². The Morgan fingerprint density at radius 2 is 1.92 bits per heavy atom. The van der Waals surface area contributed by atoms with Gasteiger partial charge in [0.15, 0.2) is 0 Å². The summed E-state index contributed by atoms with van der Waals surface area (Å²) in [6.07, 6.45) is 1.66. The molecule has 26 heavy (non-hydrogen) atoms. The number of carbonyl (C=O) groups excluding carboxylic acids is 1. The number of aromatic nitrogens is 3. The second-order valence-electron chi connectivity index (χ2n) is 6.88. The van der Waals surface area contributed by atoms with Crippen molar-refractivity contribution in [3.8, 4) is 0 Å². The van der Waals surface area contributed by atoms with Crippen LogP contribution in [-0.2, 0) is 0 Å². The van der Waals surface area contributed by atoms with Gasteiger partial charge in [-0.2, -0.15) is 0 Å². The summed E-state index contributed by atoms with van der Waals surface area (Å²) in [6, 6.07) is -0.0853. The van der Waals surface area contributed by atoms with E-state index in [-0.39, 0.29) is 11.9 Å². The van der Waals surface area contributed by atoms with E-state index in [2.05, 4.69) is 31.8 Å². The fraction of sp³-hybridized carbons (Fsp3) is 0.556. The molecule has 7 nitrogen and oxygen atoms in total. The van der Waals surface area contributed by atoms with Crippen LogP contribution in [0, 0.1) is 13.8 Å². The van der Waals surface area contributed by atoms with E-state index in [1.54, 1.807) is 29.5 Å². The number of anilines is 1. The van der Waals surface area contributed by atoms with Crippen molar-refractivity contribution in [2.24, 2.45) is 0 Å². The maximum Gasteiger partial charge on any atom is 0.257 e. The molecule has 1 fully saturated rings. The van der Waals surface area contributed by atoms with E-state index >= 15 is 0 Å². The number of amides is 1. The van der Waals surface area contributed by atoms with Crippen molar-refractivity contribution in [2.45, 2.75) is 26.8 Å². The van der Waals surface area contributed by atoms with Crippen molar-refractivity contribution in [1.82, 2.24) is 24.8 Å². The third kappa shape index (κ3) is 3.86. The van der Waals surface area contributed by atoms with Gasteiger partial charge in [0, 0.05) is 50.5 Å². The molecule has 0 aromatic carbocycles. The number of hydrogen-bond acceptors (Lipinski definition) is 7. The average Bonchev–Trinajstić information content (AvgIpc) is 3.07. The Hall–Kier alpha value is -2.06. The van der Waals surface area contributed by atoms with Gasteiger partial charge in [0.25, 0.3) is 5.91 Å². The molecule has 1 saturated heterocycles. The molecule has 1 aliphatic heterocycles. The Morgan fingerprint density at radius 3 is 2.50 bits per heavy atom. The number of aryl methyl sites for hydroxylation is 2. The molecule has 2 aromatic heterocycles. The number of piperazine rings is 1. The van der Waals surface area contributed by atoms with Crippen molar-refractivity contribution in [3.63, 3.8) is 0 Å². The topological polar surface area (TPSA) is 65.5 Å². The number of thiazole rings is 1. The lowest BCUT2D eigenvalue weighted by atomic mass is 10.2. The van der Waals surface area contributed by atoms with Crippen molar-refractivity contribution >= 4 is 23.2 Å². The van der Waals surface area contributed by atoms with Gasteiger partial charge >= 0.3 is 0 Å². The van der Waals surface area contributed by atoms with Crippen LogP contribution in [0.4, 0.5) is 5.95 Å². The quantitative estimate of drug-likeness (QED) is 0.817. The number of hydrogen-bond donors (Lipinski definition) is 0. The molecule has 1 aliphatic rings. The summed E-state index contributed by atoms with van der Waals surface area (Å²) >= 11 is 1.58. The molecule has 0 aliphatic carbocycles. The first-order valence-electron chi connectivity index (χ1n) is 8.83. The highest BCUT2D eigenvalue weighted by molar-refractivity contribution is 7.09. The minimum absolute atomic E-state index is 0.0761. The second-order valence-corrected chi connectivity index (χ2v) is 7.77. The summed E-state index contributed by atoms with van der Waals surface area (Å²) in [7, 11) is 3.92.